The molecular weight excluding hydrogens is 566 g/mol. The van der Waals surface area contributed by atoms with E-state index in [-0.39, 0.29) is 42.3 Å². The van der Waals surface area contributed by atoms with E-state index in [1.165, 1.54) is 0 Å². The molecule has 42 heavy (non-hydrogen) atoms. The zero-order chi connectivity index (χ0) is 29.4. The minimum absolute atomic E-state index is 0.0156. The molecule has 4 aliphatic rings. The predicted octanol–water partition coefficient (Wildman–Crippen LogP) is 3.86. The fourth-order valence-electron chi connectivity index (χ4n) is 7.08. The van der Waals surface area contributed by atoms with E-state index in [4.69, 9.17) is 10.5 Å². The molecule has 4 atom stereocenters. The van der Waals surface area contributed by atoms with E-state index < -0.39 is 57.8 Å². The molecule has 0 amide bonds. The SMILES string of the molecule is Nc1cnc(C(F)(F)F)c(-c2c(F)cc3c(N4CC5CCC(C4)N5)nc(OC[C@@]45CCCN4C[C@H](F)C5)nc3c2F)n1. The lowest BCUT2D eigenvalue weighted by atomic mass is 9.95. The molecule has 4 saturated heterocycles. The number of benzene rings is 1. The van der Waals surface area contributed by atoms with Gasteiger partial charge in [-0.1, -0.05) is 0 Å². The van der Waals surface area contributed by atoms with Crippen molar-refractivity contribution in [3.63, 3.8) is 0 Å². The molecule has 1 aromatic carbocycles. The highest BCUT2D eigenvalue weighted by atomic mass is 19.4. The predicted molar refractivity (Wildman–Crippen MR) is 141 cm³/mol. The van der Waals surface area contributed by atoms with Crippen LogP contribution in [-0.2, 0) is 6.18 Å². The maximum atomic E-state index is 16.3. The number of hydrogen-bond acceptors (Lipinski definition) is 9. The van der Waals surface area contributed by atoms with Crippen molar-refractivity contribution in [2.75, 3.05) is 43.4 Å². The van der Waals surface area contributed by atoms with Gasteiger partial charge in [0.15, 0.2) is 11.5 Å². The Labute approximate surface area is 236 Å². The molecule has 9 nitrogen and oxygen atoms in total. The third-order valence-corrected chi connectivity index (χ3v) is 8.89. The molecule has 15 heteroatoms. The van der Waals surface area contributed by atoms with Crippen LogP contribution in [0.2, 0.25) is 0 Å². The average Bonchev–Trinajstić information content (AvgIpc) is 3.57. The Morgan fingerprint density at radius 1 is 1.10 bits per heavy atom. The molecule has 2 aromatic heterocycles. The third kappa shape index (κ3) is 4.57. The molecule has 4 fully saturated rings. The van der Waals surface area contributed by atoms with E-state index in [2.05, 4.69) is 25.3 Å². The summed E-state index contributed by atoms with van der Waals surface area (Å²) in [7, 11) is 0. The number of nitrogens with one attached hydrogen (secondary N) is 1. The van der Waals surface area contributed by atoms with Crippen LogP contribution in [-0.4, -0.2) is 81.4 Å². The van der Waals surface area contributed by atoms with Crippen molar-refractivity contribution >= 4 is 22.5 Å². The molecular formula is C27H28F6N8O. The minimum atomic E-state index is -5.06. The van der Waals surface area contributed by atoms with Crippen LogP contribution < -0.4 is 20.7 Å². The lowest BCUT2D eigenvalue weighted by molar-refractivity contribution is -0.140. The molecule has 0 radical (unpaired) electrons. The van der Waals surface area contributed by atoms with E-state index in [1.54, 1.807) is 0 Å². The lowest BCUT2D eigenvalue weighted by Crippen LogP contribution is -2.51. The van der Waals surface area contributed by atoms with Crippen LogP contribution in [0.15, 0.2) is 12.3 Å². The van der Waals surface area contributed by atoms with Crippen LogP contribution in [0.4, 0.5) is 38.0 Å². The zero-order valence-electron chi connectivity index (χ0n) is 22.4. The first kappa shape index (κ1) is 27.4. The van der Waals surface area contributed by atoms with E-state index in [9.17, 15) is 17.6 Å². The second-order valence-corrected chi connectivity index (χ2v) is 11.7. The lowest BCUT2D eigenvalue weighted by Gasteiger charge is -2.34. The van der Waals surface area contributed by atoms with Crippen LogP contribution in [0, 0.1) is 11.6 Å². The minimum Gasteiger partial charge on any atom is -0.461 e. The first-order chi connectivity index (χ1) is 20.0. The van der Waals surface area contributed by atoms with Gasteiger partial charge < -0.3 is 20.7 Å². The van der Waals surface area contributed by atoms with Crippen LogP contribution >= 0.6 is 0 Å². The smallest absolute Gasteiger partial charge is 0.435 e. The van der Waals surface area contributed by atoms with E-state index >= 15 is 8.78 Å². The maximum Gasteiger partial charge on any atom is 0.435 e. The number of alkyl halides is 4. The third-order valence-electron chi connectivity index (χ3n) is 8.89. The highest BCUT2D eigenvalue weighted by Crippen LogP contribution is 2.42. The average molecular weight is 595 g/mol. The van der Waals surface area contributed by atoms with Gasteiger partial charge in [0.05, 0.1) is 17.3 Å². The van der Waals surface area contributed by atoms with E-state index in [0.29, 0.717) is 32.3 Å². The summed E-state index contributed by atoms with van der Waals surface area (Å²) in [6, 6.07) is 0.993. The van der Waals surface area contributed by atoms with Crippen LogP contribution in [0.5, 0.6) is 6.01 Å². The zero-order valence-corrected chi connectivity index (χ0v) is 22.4. The van der Waals surface area contributed by atoms with Gasteiger partial charge in [0, 0.05) is 43.5 Å². The van der Waals surface area contributed by atoms with E-state index in [1.807, 2.05) is 9.80 Å². The maximum absolute atomic E-state index is 16.3. The second-order valence-electron chi connectivity index (χ2n) is 11.7. The number of nitrogens with zero attached hydrogens (tertiary/aromatic N) is 6. The number of nitrogens with two attached hydrogens (primary N) is 1. The summed E-state index contributed by atoms with van der Waals surface area (Å²) in [5, 5.41) is 3.47. The highest BCUT2D eigenvalue weighted by molar-refractivity contribution is 5.94. The van der Waals surface area contributed by atoms with Gasteiger partial charge in [0.1, 0.15) is 41.4 Å². The fraction of sp³-hybridized carbons (Fsp3) is 0.556. The Morgan fingerprint density at radius 3 is 2.60 bits per heavy atom. The standard InChI is InChI=1S/C27H28F6N8O/c28-13-7-26(4-1-5-41(26)9-13)12-42-25-38-21-16(24(39-25)40-10-14-2-3-15(11-40)36-14)6-17(29)19(20(21)30)22-23(27(31,32)33)35-8-18(34)37-22/h6,8,13-15,36H,1-5,7,9-12H2,(H2,34,37)/t13-,14?,15?,26+/m1/s1. The summed E-state index contributed by atoms with van der Waals surface area (Å²) < 4.78 is 93.6. The Balaban J connectivity index is 1.36. The summed E-state index contributed by atoms with van der Waals surface area (Å²) in [6.07, 6.45) is -1.65. The fourth-order valence-corrected chi connectivity index (χ4v) is 7.08. The molecule has 4 aliphatic heterocycles. The number of hydrogen-bond donors (Lipinski definition) is 2. The first-order valence-electron chi connectivity index (χ1n) is 13.9. The Hall–Kier alpha value is -3.46. The monoisotopic (exact) mass is 594 g/mol. The van der Waals surface area contributed by atoms with Crippen molar-refractivity contribution in [1.82, 2.24) is 30.2 Å². The van der Waals surface area contributed by atoms with Crippen molar-refractivity contribution < 1.29 is 31.1 Å². The Morgan fingerprint density at radius 2 is 1.86 bits per heavy atom. The Kier molecular flexibility index (Phi) is 6.38. The van der Waals surface area contributed by atoms with Gasteiger partial charge in [-0.05, 0) is 38.3 Å². The molecule has 0 saturated carbocycles. The molecule has 6 heterocycles. The van der Waals surface area contributed by atoms with Crippen LogP contribution in [0.3, 0.4) is 0 Å². The van der Waals surface area contributed by atoms with Crippen LogP contribution in [0.1, 0.15) is 37.8 Å². The molecule has 2 bridgehead atoms. The summed E-state index contributed by atoms with van der Waals surface area (Å²) in [5.41, 5.74) is 0.888. The molecule has 0 spiro atoms. The number of ether oxygens (including phenoxy) is 1. The molecule has 2 unspecified atom stereocenters. The number of aromatic nitrogens is 4. The topological polar surface area (TPSA) is 105 Å². The highest BCUT2D eigenvalue weighted by Gasteiger charge is 2.49. The van der Waals surface area contributed by atoms with Gasteiger partial charge in [-0.25, -0.2) is 23.1 Å². The van der Waals surface area contributed by atoms with Crippen molar-refractivity contribution in [2.24, 2.45) is 0 Å². The van der Waals surface area contributed by atoms with Crippen molar-refractivity contribution in [3.05, 3.63) is 29.6 Å². The summed E-state index contributed by atoms with van der Waals surface area (Å²) in [5.74, 6) is -2.89. The molecule has 7 rings (SSSR count). The normalized spacial score (nSPS) is 27.7. The molecule has 3 aromatic rings. The van der Waals surface area contributed by atoms with Gasteiger partial charge >= 0.3 is 12.2 Å². The van der Waals surface area contributed by atoms with Crippen molar-refractivity contribution in [3.8, 4) is 17.3 Å². The number of fused-ring (bicyclic) bond motifs is 4. The van der Waals surface area contributed by atoms with E-state index in [0.717, 1.165) is 31.9 Å². The van der Waals surface area contributed by atoms with Gasteiger partial charge in [-0.2, -0.15) is 23.1 Å². The quantitative estimate of drug-likeness (QED) is 0.426. The van der Waals surface area contributed by atoms with Gasteiger partial charge in [-0.3, -0.25) is 4.90 Å². The first-order valence-corrected chi connectivity index (χ1v) is 13.9. The van der Waals surface area contributed by atoms with Gasteiger partial charge in [0.25, 0.3) is 0 Å². The number of piperazine rings is 1. The van der Waals surface area contributed by atoms with Gasteiger partial charge in [0.2, 0.25) is 0 Å². The Bertz CT molecular complexity index is 1540. The largest absolute Gasteiger partial charge is 0.461 e. The summed E-state index contributed by atoms with van der Waals surface area (Å²) in [4.78, 5) is 19.6. The van der Waals surface area contributed by atoms with Crippen LogP contribution in [0.25, 0.3) is 22.2 Å². The number of halogens is 6. The molecule has 0 aliphatic carbocycles. The van der Waals surface area contributed by atoms with Gasteiger partial charge in [-0.15, -0.1) is 0 Å². The van der Waals surface area contributed by atoms with Crippen molar-refractivity contribution in [2.45, 2.75) is 62.1 Å². The number of nitrogen functional groups attached to an aromatic ring is 1. The van der Waals surface area contributed by atoms with Crippen molar-refractivity contribution in [1.29, 1.82) is 0 Å². The summed E-state index contributed by atoms with van der Waals surface area (Å²) in [6.45, 7) is 2.11. The number of anilines is 2. The number of rotatable bonds is 5. The molecule has 224 valence electrons. The second kappa shape index (κ2) is 9.79. The molecule has 3 N–H and O–H groups in total. The summed E-state index contributed by atoms with van der Waals surface area (Å²) >= 11 is 0.